The van der Waals surface area contributed by atoms with Crippen LogP contribution in [0.4, 0.5) is 16.2 Å². The van der Waals surface area contributed by atoms with Crippen molar-refractivity contribution >= 4 is 44.8 Å². The van der Waals surface area contributed by atoms with Gasteiger partial charge >= 0.3 is 12.1 Å². The minimum Gasteiger partial charge on any atom is -0.478 e. The Labute approximate surface area is 172 Å². The first-order valence-corrected chi connectivity index (χ1v) is 11.3. The number of sulfonamides is 1. The number of anilines is 2. The van der Waals surface area contributed by atoms with Crippen LogP contribution in [-0.2, 0) is 14.8 Å². The summed E-state index contributed by atoms with van der Waals surface area (Å²) in [5.41, 5.74) is 0.630. The molecule has 0 saturated carbocycles. The molecule has 0 aliphatic carbocycles. The predicted octanol–water partition coefficient (Wildman–Crippen LogP) is 2.53. The molecular formula is C18H21N3O6S2. The molecule has 1 aromatic heterocycles. The van der Waals surface area contributed by atoms with Gasteiger partial charge in [0.05, 0.1) is 17.9 Å². The summed E-state index contributed by atoms with van der Waals surface area (Å²) in [6.07, 6.45) is -0.385. The third-order valence-corrected chi connectivity index (χ3v) is 7.16. The molecule has 0 atom stereocenters. The van der Waals surface area contributed by atoms with Crippen molar-refractivity contribution in [3.8, 4) is 0 Å². The van der Waals surface area contributed by atoms with Crippen LogP contribution in [0.2, 0.25) is 0 Å². The molecule has 2 N–H and O–H groups in total. The minimum absolute atomic E-state index is 0.0130. The fourth-order valence-corrected chi connectivity index (χ4v) is 5.06. The molecule has 1 fully saturated rings. The number of amides is 1. The number of carbonyl (C=O) groups is 2. The molecule has 3 rings (SSSR count). The van der Waals surface area contributed by atoms with Gasteiger partial charge in [0.25, 0.3) is 10.0 Å². The summed E-state index contributed by atoms with van der Waals surface area (Å²) in [5, 5.41) is 11.3. The van der Waals surface area contributed by atoms with Crippen molar-refractivity contribution in [3.63, 3.8) is 0 Å². The van der Waals surface area contributed by atoms with Gasteiger partial charge in [-0.3, -0.25) is 4.72 Å². The van der Waals surface area contributed by atoms with Crippen molar-refractivity contribution in [2.24, 2.45) is 0 Å². The Kier molecular flexibility index (Phi) is 6.28. The molecule has 9 nitrogen and oxygen atoms in total. The Morgan fingerprint density at radius 1 is 1.21 bits per heavy atom. The Bertz CT molecular complexity index is 983. The molecule has 1 saturated heterocycles. The van der Waals surface area contributed by atoms with E-state index < -0.39 is 16.0 Å². The average molecular weight is 440 g/mol. The van der Waals surface area contributed by atoms with Crippen molar-refractivity contribution in [1.82, 2.24) is 4.90 Å². The van der Waals surface area contributed by atoms with Crippen LogP contribution in [0.15, 0.2) is 39.9 Å². The number of hydrogen-bond donors (Lipinski definition) is 2. The molecule has 0 unspecified atom stereocenters. The van der Waals surface area contributed by atoms with E-state index in [1.165, 1.54) is 18.2 Å². The highest BCUT2D eigenvalue weighted by molar-refractivity contribution is 7.94. The maximum atomic E-state index is 12.4. The second kappa shape index (κ2) is 8.70. The van der Waals surface area contributed by atoms with Crippen LogP contribution in [0.5, 0.6) is 0 Å². The maximum Gasteiger partial charge on any atom is 0.409 e. The van der Waals surface area contributed by atoms with Crippen LogP contribution in [0.3, 0.4) is 0 Å². The third kappa shape index (κ3) is 4.80. The van der Waals surface area contributed by atoms with Crippen molar-refractivity contribution in [2.75, 3.05) is 42.4 Å². The molecule has 0 spiro atoms. The van der Waals surface area contributed by atoms with Crippen molar-refractivity contribution in [2.45, 2.75) is 11.1 Å². The molecular weight excluding hydrogens is 418 g/mol. The second-order valence-corrected chi connectivity index (χ2v) is 9.10. The highest BCUT2D eigenvalue weighted by atomic mass is 32.2. The number of nitrogens with one attached hydrogen (secondary N) is 1. The van der Waals surface area contributed by atoms with Crippen LogP contribution < -0.4 is 9.62 Å². The highest BCUT2D eigenvalue weighted by Crippen LogP contribution is 2.28. The number of rotatable bonds is 6. The standard InChI is InChI=1S/C18H21N3O6S2/c1-2-27-18(24)21-9-7-20(8-10-21)15-6-5-13(12-14(15)17(22)23)19-29(25,26)16-4-3-11-28-16/h3-6,11-12,19H,2,7-10H2,1H3,(H,22,23). The molecule has 0 bridgehead atoms. The normalized spacial score (nSPS) is 14.5. The summed E-state index contributed by atoms with van der Waals surface area (Å²) in [5.74, 6) is -1.16. The number of nitrogens with zero attached hydrogens (tertiary/aromatic N) is 2. The van der Waals surface area contributed by atoms with Gasteiger partial charge in [0.15, 0.2) is 0 Å². The first-order chi connectivity index (χ1) is 13.8. The number of ether oxygens (including phenoxy) is 1. The van der Waals surface area contributed by atoms with Crippen LogP contribution in [0, 0.1) is 0 Å². The molecule has 1 aliphatic rings. The van der Waals surface area contributed by atoms with Gasteiger partial charge in [-0.2, -0.15) is 0 Å². The van der Waals surface area contributed by atoms with Crippen molar-refractivity contribution in [3.05, 3.63) is 41.3 Å². The van der Waals surface area contributed by atoms with E-state index in [1.54, 1.807) is 29.3 Å². The summed E-state index contributed by atoms with van der Waals surface area (Å²) in [4.78, 5) is 27.0. The molecule has 0 radical (unpaired) electrons. The summed E-state index contributed by atoms with van der Waals surface area (Å²) in [6.45, 7) is 3.74. The Morgan fingerprint density at radius 2 is 1.93 bits per heavy atom. The highest BCUT2D eigenvalue weighted by Gasteiger charge is 2.25. The van der Waals surface area contributed by atoms with Gasteiger partial charge in [0, 0.05) is 31.9 Å². The molecule has 156 valence electrons. The average Bonchev–Trinajstić information content (AvgIpc) is 3.24. The lowest BCUT2D eigenvalue weighted by Crippen LogP contribution is -2.49. The zero-order valence-corrected chi connectivity index (χ0v) is 17.3. The monoisotopic (exact) mass is 439 g/mol. The van der Waals surface area contributed by atoms with Crippen molar-refractivity contribution < 1.29 is 27.9 Å². The van der Waals surface area contributed by atoms with Crippen molar-refractivity contribution in [1.29, 1.82) is 0 Å². The van der Waals surface area contributed by atoms with E-state index in [9.17, 15) is 23.1 Å². The van der Waals surface area contributed by atoms with E-state index in [0.717, 1.165) is 11.3 Å². The summed E-state index contributed by atoms with van der Waals surface area (Å²) >= 11 is 1.07. The van der Waals surface area contributed by atoms with Gasteiger partial charge in [-0.15, -0.1) is 11.3 Å². The van der Waals surface area contributed by atoms with E-state index in [0.29, 0.717) is 38.5 Å². The second-order valence-electron chi connectivity index (χ2n) is 6.25. The number of aromatic carboxylic acids is 1. The molecule has 2 heterocycles. The molecule has 1 amide bonds. The van der Waals surface area contributed by atoms with E-state index in [-0.39, 0.29) is 21.6 Å². The molecule has 1 aliphatic heterocycles. The number of benzene rings is 1. The zero-order valence-electron chi connectivity index (χ0n) is 15.7. The van der Waals surface area contributed by atoms with E-state index in [1.807, 2.05) is 4.90 Å². The van der Waals surface area contributed by atoms with Gasteiger partial charge in [-0.05, 0) is 36.6 Å². The van der Waals surface area contributed by atoms with Crippen LogP contribution in [-0.4, -0.2) is 63.3 Å². The summed E-state index contributed by atoms with van der Waals surface area (Å²) in [6, 6.07) is 7.52. The van der Waals surface area contributed by atoms with Crippen LogP contribution in [0.25, 0.3) is 0 Å². The number of piperazine rings is 1. The van der Waals surface area contributed by atoms with E-state index in [2.05, 4.69) is 4.72 Å². The van der Waals surface area contributed by atoms with Crippen LogP contribution >= 0.6 is 11.3 Å². The SMILES string of the molecule is CCOC(=O)N1CCN(c2ccc(NS(=O)(=O)c3cccs3)cc2C(=O)O)CC1. The zero-order chi connectivity index (χ0) is 21.0. The Morgan fingerprint density at radius 3 is 2.52 bits per heavy atom. The molecule has 1 aromatic carbocycles. The number of carboxylic acid groups (broad SMARTS) is 1. The molecule has 29 heavy (non-hydrogen) atoms. The third-order valence-electron chi connectivity index (χ3n) is 4.39. The predicted molar refractivity (Wildman–Crippen MR) is 109 cm³/mol. The largest absolute Gasteiger partial charge is 0.478 e. The fourth-order valence-electron chi connectivity index (χ4n) is 3.01. The van der Waals surface area contributed by atoms with Gasteiger partial charge in [-0.1, -0.05) is 6.07 Å². The van der Waals surface area contributed by atoms with E-state index >= 15 is 0 Å². The van der Waals surface area contributed by atoms with Gasteiger partial charge in [0.2, 0.25) is 0 Å². The first kappa shape index (κ1) is 20.9. The summed E-state index contributed by atoms with van der Waals surface area (Å²) in [7, 11) is -3.77. The van der Waals surface area contributed by atoms with E-state index in [4.69, 9.17) is 4.74 Å². The first-order valence-electron chi connectivity index (χ1n) is 8.92. The number of thiophene rings is 1. The topological polar surface area (TPSA) is 116 Å². The van der Waals surface area contributed by atoms with Gasteiger partial charge in [-0.25, -0.2) is 18.0 Å². The lowest BCUT2D eigenvalue weighted by atomic mass is 10.1. The Hall–Kier alpha value is -2.79. The minimum atomic E-state index is -3.77. The number of hydrogen-bond acceptors (Lipinski definition) is 7. The van der Waals surface area contributed by atoms with Gasteiger partial charge in [0.1, 0.15) is 4.21 Å². The molecule has 2 aromatic rings. The lowest BCUT2D eigenvalue weighted by molar-refractivity contribution is 0.0696. The number of carboxylic acids is 1. The quantitative estimate of drug-likeness (QED) is 0.710. The van der Waals surface area contributed by atoms with Gasteiger partial charge < -0.3 is 19.6 Å². The smallest absolute Gasteiger partial charge is 0.409 e. The number of carbonyl (C=O) groups excluding carboxylic acids is 1. The van der Waals surface area contributed by atoms with Crippen LogP contribution in [0.1, 0.15) is 17.3 Å². The summed E-state index contributed by atoms with van der Waals surface area (Å²) < 4.78 is 32.3. The Balaban J connectivity index is 1.77. The maximum absolute atomic E-state index is 12.4. The fraction of sp³-hybridized carbons (Fsp3) is 0.333. The lowest BCUT2D eigenvalue weighted by Gasteiger charge is -2.36. The molecule has 11 heteroatoms.